The van der Waals surface area contributed by atoms with Gasteiger partial charge in [-0.1, -0.05) is 52.7 Å². The zero-order chi connectivity index (χ0) is 21.6. The molecule has 4 heteroatoms. The van der Waals surface area contributed by atoms with Crippen molar-refractivity contribution in [3.63, 3.8) is 0 Å². The smallest absolute Gasteiger partial charge is 0.178 e. The van der Waals surface area contributed by atoms with Crippen molar-refractivity contribution in [2.75, 3.05) is 6.61 Å². The molecule has 3 fully saturated rings. The zero-order valence-electron chi connectivity index (χ0n) is 18.7. The van der Waals surface area contributed by atoms with Gasteiger partial charge in [-0.2, -0.15) is 0 Å². The Kier molecular flexibility index (Phi) is 6.01. The number of rotatable bonds is 2. The Hall–Kier alpha value is -1.26. The lowest BCUT2D eigenvalue weighted by atomic mass is 9.37. The summed E-state index contributed by atoms with van der Waals surface area (Å²) >= 11 is 0. The first-order valence-corrected chi connectivity index (χ1v) is 11.4. The van der Waals surface area contributed by atoms with Crippen LogP contribution in [0.3, 0.4) is 0 Å². The molecule has 29 heavy (non-hydrogen) atoms. The van der Waals surface area contributed by atoms with E-state index in [9.17, 15) is 19.8 Å². The number of hydrogen-bond acceptors (Lipinski definition) is 4. The molecule has 162 valence electrons. The standard InChI is InChI=1S/C23H32O4.C2H6/c1-21-12-20(27)23(3)17(16(21)5-4-6-18(21)19(26)13-24)8-7-14-11-15(25)9-10-22(14,23)2;1-2/h9-11,16-18,20,24,27H,4-8,12-13H2,1-3H3;1-2H3/t16?,17-,18?,20-,21-,22-,23?;/m0./s1. The second-order valence-corrected chi connectivity index (χ2v) is 9.98. The van der Waals surface area contributed by atoms with Crippen LogP contribution in [0, 0.1) is 34.0 Å². The molecule has 0 spiro atoms. The lowest BCUT2D eigenvalue weighted by molar-refractivity contribution is -0.201. The number of carbonyl (C=O) groups excluding carboxylic acids is 2. The van der Waals surface area contributed by atoms with Crippen LogP contribution in [0.4, 0.5) is 0 Å². The van der Waals surface area contributed by atoms with Crippen molar-refractivity contribution in [1.82, 2.24) is 0 Å². The van der Waals surface area contributed by atoms with Gasteiger partial charge >= 0.3 is 0 Å². The minimum Gasteiger partial charge on any atom is -0.392 e. The average molecular weight is 403 g/mol. The van der Waals surface area contributed by atoms with E-state index in [2.05, 4.69) is 20.8 Å². The summed E-state index contributed by atoms with van der Waals surface area (Å²) in [6, 6.07) is 0. The number of aliphatic hydroxyl groups excluding tert-OH is 2. The van der Waals surface area contributed by atoms with Gasteiger partial charge in [-0.05, 0) is 61.5 Å². The second-order valence-electron chi connectivity index (χ2n) is 9.98. The fourth-order valence-electron chi connectivity index (χ4n) is 7.47. The van der Waals surface area contributed by atoms with Crippen LogP contribution in [0.25, 0.3) is 0 Å². The van der Waals surface area contributed by atoms with Crippen LogP contribution < -0.4 is 0 Å². The SMILES string of the molecule is CC.CC12[C@@H](O)C[C@]3(C)C(C(=O)CO)CCCC3[C@@H]1CCC1=CC(=O)C=C[C@@]12C. The molecule has 0 aromatic rings. The molecule has 0 saturated heterocycles. The lowest BCUT2D eigenvalue weighted by Crippen LogP contribution is -2.65. The summed E-state index contributed by atoms with van der Waals surface area (Å²) in [5, 5.41) is 21.0. The molecule has 4 aliphatic carbocycles. The van der Waals surface area contributed by atoms with Crippen LogP contribution >= 0.6 is 0 Å². The van der Waals surface area contributed by atoms with E-state index in [1.165, 1.54) is 0 Å². The summed E-state index contributed by atoms with van der Waals surface area (Å²) in [6.07, 6.45) is 10.3. The highest BCUT2D eigenvalue weighted by Gasteiger charge is 2.66. The molecular weight excluding hydrogens is 364 g/mol. The molecular formula is C25H38O4. The van der Waals surface area contributed by atoms with Gasteiger partial charge in [-0.3, -0.25) is 9.59 Å². The van der Waals surface area contributed by atoms with Crippen molar-refractivity contribution in [1.29, 1.82) is 0 Å². The van der Waals surface area contributed by atoms with Crippen LogP contribution in [0.2, 0.25) is 0 Å². The van der Waals surface area contributed by atoms with E-state index in [1.807, 2.05) is 19.9 Å². The van der Waals surface area contributed by atoms with Crippen molar-refractivity contribution in [2.45, 2.75) is 79.2 Å². The Morgan fingerprint density at radius 3 is 2.48 bits per heavy atom. The molecule has 4 rings (SSSR count). The third-order valence-electron chi connectivity index (χ3n) is 9.19. The van der Waals surface area contributed by atoms with Crippen molar-refractivity contribution in [3.05, 3.63) is 23.8 Å². The summed E-state index contributed by atoms with van der Waals surface area (Å²) in [6.45, 7) is 10.2. The monoisotopic (exact) mass is 402 g/mol. The van der Waals surface area contributed by atoms with Crippen LogP contribution in [0.1, 0.15) is 73.1 Å². The second kappa shape index (κ2) is 7.77. The number of ketones is 2. The Morgan fingerprint density at radius 2 is 1.83 bits per heavy atom. The molecule has 0 radical (unpaired) electrons. The summed E-state index contributed by atoms with van der Waals surface area (Å²) in [7, 11) is 0. The van der Waals surface area contributed by atoms with E-state index in [0.717, 1.165) is 37.7 Å². The number of hydrogen-bond donors (Lipinski definition) is 2. The fourth-order valence-corrected chi connectivity index (χ4v) is 7.47. The average Bonchev–Trinajstić information content (AvgIpc) is 2.70. The Morgan fingerprint density at radius 1 is 1.14 bits per heavy atom. The van der Waals surface area contributed by atoms with E-state index in [-0.39, 0.29) is 33.7 Å². The highest BCUT2D eigenvalue weighted by molar-refractivity contribution is 6.01. The largest absolute Gasteiger partial charge is 0.392 e. The molecule has 0 bridgehead atoms. The van der Waals surface area contributed by atoms with Crippen LogP contribution in [0.15, 0.2) is 23.8 Å². The van der Waals surface area contributed by atoms with E-state index >= 15 is 0 Å². The maximum Gasteiger partial charge on any atom is 0.178 e. The third kappa shape index (κ3) is 3.01. The highest BCUT2D eigenvalue weighted by atomic mass is 16.3. The lowest BCUT2D eigenvalue weighted by Gasteiger charge is -2.67. The molecule has 7 atom stereocenters. The van der Waals surface area contributed by atoms with Gasteiger partial charge in [0.05, 0.1) is 6.10 Å². The van der Waals surface area contributed by atoms with Gasteiger partial charge in [0.15, 0.2) is 11.6 Å². The molecule has 2 N–H and O–H groups in total. The zero-order valence-corrected chi connectivity index (χ0v) is 18.7. The van der Waals surface area contributed by atoms with Gasteiger partial charge in [-0.15, -0.1) is 0 Å². The maximum atomic E-state index is 12.5. The van der Waals surface area contributed by atoms with Crippen LogP contribution in [0.5, 0.6) is 0 Å². The van der Waals surface area contributed by atoms with E-state index in [1.54, 1.807) is 12.2 Å². The number of allylic oxidation sites excluding steroid dienone is 4. The number of carbonyl (C=O) groups is 2. The first-order chi connectivity index (χ1) is 13.7. The van der Waals surface area contributed by atoms with Crippen molar-refractivity contribution < 1.29 is 19.8 Å². The normalized spacial score (nSPS) is 45.8. The van der Waals surface area contributed by atoms with Crippen molar-refractivity contribution in [3.8, 4) is 0 Å². The van der Waals surface area contributed by atoms with E-state index in [0.29, 0.717) is 18.3 Å². The van der Waals surface area contributed by atoms with Crippen LogP contribution in [-0.2, 0) is 9.59 Å². The highest BCUT2D eigenvalue weighted by Crippen LogP contribution is 2.70. The summed E-state index contributed by atoms with van der Waals surface area (Å²) < 4.78 is 0. The topological polar surface area (TPSA) is 74.6 Å². The number of aliphatic hydroxyl groups is 2. The maximum absolute atomic E-state index is 12.5. The van der Waals surface area contributed by atoms with E-state index in [4.69, 9.17) is 0 Å². The van der Waals surface area contributed by atoms with E-state index < -0.39 is 12.7 Å². The van der Waals surface area contributed by atoms with Crippen molar-refractivity contribution in [2.24, 2.45) is 34.0 Å². The summed E-state index contributed by atoms with van der Waals surface area (Å²) in [5.41, 5.74) is 0.226. The van der Waals surface area contributed by atoms with Gasteiger partial charge < -0.3 is 10.2 Å². The molecule has 4 aliphatic rings. The Labute approximate surface area is 175 Å². The molecule has 0 aliphatic heterocycles. The first-order valence-electron chi connectivity index (χ1n) is 11.4. The third-order valence-corrected chi connectivity index (χ3v) is 9.19. The minimum absolute atomic E-state index is 0.0472. The first kappa shape index (κ1) is 22.4. The van der Waals surface area contributed by atoms with Gasteiger partial charge in [0.2, 0.25) is 0 Å². The summed E-state index contributed by atoms with van der Waals surface area (Å²) in [4.78, 5) is 24.5. The number of fused-ring (bicyclic) bond motifs is 5. The molecule has 0 amide bonds. The Balaban J connectivity index is 0.00000117. The molecule has 3 saturated carbocycles. The summed E-state index contributed by atoms with van der Waals surface area (Å²) in [5.74, 6) is 0.494. The molecule has 4 nitrogen and oxygen atoms in total. The predicted octanol–water partition coefficient (Wildman–Crippen LogP) is 4.25. The van der Waals surface area contributed by atoms with Gasteiger partial charge in [0.1, 0.15) is 6.61 Å². The molecule has 0 aromatic carbocycles. The quantitative estimate of drug-likeness (QED) is 0.724. The Bertz CT molecular complexity index is 737. The predicted molar refractivity (Wildman–Crippen MR) is 114 cm³/mol. The van der Waals surface area contributed by atoms with Crippen LogP contribution in [-0.4, -0.2) is 34.5 Å². The van der Waals surface area contributed by atoms with Gasteiger partial charge in [-0.25, -0.2) is 0 Å². The minimum atomic E-state index is -0.539. The van der Waals surface area contributed by atoms with Gasteiger partial charge in [0, 0.05) is 16.7 Å². The fraction of sp³-hybridized carbons (Fsp3) is 0.760. The molecule has 0 heterocycles. The van der Waals surface area contributed by atoms with Crippen molar-refractivity contribution >= 4 is 11.6 Å². The number of Topliss-reactive ketones (excluding diaryl/α,β-unsaturated/α-hetero) is 1. The van der Waals surface area contributed by atoms with Gasteiger partial charge in [0.25, 0.3) is 0 Å². The molecule has 0 aromatic heterocycles. The molecule has 3 unspecified atom stereocenters.